The highest BCUT2D eigenvalue weighted by Gasteiger charge is 2.53. The molecule has 2 aliphatic rings. The van der Waals surface area contributed by atoms with Crippen molar-refractivity contribution in [3.05, 3.63) is 22.5 Å². The molecule has 1 aromatic heterocycles. The van der Waals surface area contributed by atoms with E-state index in [1.54, 1.807) is 6.92 Å². The van der Waals surface area contributed by atoms with Gasteiger partial charge in [0.05, 0.1) is 12.3 Å². The summed E-state index contributed by atoms with van der Waals surface area (Å²) in [5, 5.41) is 0. The Morgan fingerprint density at radius 3 is 2.79 bits per heavy atom. The Balaban J connectivity index is 2.01. The van der Waals surface area contributed by atoms with E-state index in [0.29, 0.717) is 0 Å². The molecule has 2 unspecified atom stereocenters. The van der Waals surface area contributed by atoms with Gasteiger partial charge in [-0.3, -0.25) is 4.57 Å². The summed E-state index contributed by atoms with van der Waals surface area (Å²) in [6, 6.07) is 0. The fourth-order valence-electron chi connectivity index (χ4n) is 2.21. The van der Waals surface area contributed by atoms with E-state index in [2.05, 4.69) is 4.98 Å². The highest BCUT2D eigenvalue weighted by molar-refractivity contribution is 5.63. The van der Waals surface area contributed by atoms with Gasteiger partial charge in [0, 0.05) is 0 Å². The fourth-order valence-corrected chi connectivity index (χ4v) is 2.21. The largest absolute Gasteiger partial charge is 0.509 e. The second kappa shape index (κ2) is 3.92. The minimum atomic E-state index is -0.985. The topological polar surface area (TPSA) is 106 Å². The van der Waals surface area contributed by atoms with E-state index in [4.69, 9.17) is 19.9 Å². The molecule has 0 bridgehead atoms. The van der Waals surface area contributed by atoms with Crippen LogP contribution in [0.1, 0.15) is 13.2 Å². The number of fused-ring (bicyclic) bond motifs is 1. The summed E-state index contributed by atoms with van der Waals surface area (Å²) in [5.41, 5.74) is 4.40. The maximum atomic E-state index is 13.4. The molecule has 3 heterocycles. The number of nitrogens with zero attached hydrogens (tertiary/aromatic N) is 2. The summed E-state index contributed by atoms with van der Waals surface area (Å²) >= 11 is 0. The summed E-state index contributed by atoms with van der Waals surface area (Å²) < 4.78 is 29.6. The Bertz CT molecular complexity index is 603. The second-order valence-corrected chi connectivity index (χ2v) is 4.31. The number of rotatable bonds is 1. The van der Waals surface area contributed by atoms with Gasteiger partial charge in [-0.2, -0.15) is 4.98 Å². The molecule has 102 valence electrons. The summed E-state index contributed by atoms with van der Waals surface area (Å²) in [5.74, 6) is -1.35. The lowest BCUT2D eigenvalue weighted by Gasteiger charge is -2.17. The summed E-state index contributed by atoms with van der Waals surface area (Å²) in [6.07, 6.45) is -2.88. The van der Waals surface area contributed by atoms with Crippen molar-refractivity contribution >= 4 is 12.0 Å². The van der Waals surface area contributed by atoms with Crippen LogP contribution in [0.3, 0.4) is 0 Å². The molecule has 1 aromatic rings. The third-order valence-electron chi connectivity index (χ3n) is 3.09. The molecule has 8 nitrogen and oxygen atoms in total. The molecule has 2 fully saturated rings. The van der Waals surface area contributed by atoms with Crippen molar-refractivity contribution in [3.8, 4) is 0 Å². The van der Waals surface area contributed by atoms with Gasteiger partial charge in [0.15, 0.2) is 30.1 Å². The van der Waals surface area contributed by atoms with E-state index >= 15 is 0 Å². The lowest BCUT2D eigenvalue weighted by atomic mass is 10.1. The van der Waals surface area contributed by atoms with Crippen molar-refractivity contribution in [2.75, 3.05) is 5.73 Å². The molecule has 9 heteroatoms. The maximum absolute atomic E-state index is 13.4. The van der Waals surface area contributed by atoms with E-state index in [1.807, 2.05) is 0 Å². The van der Waals surface area contributed by atoms with Crippen LogP contribution in [-0.4, -0.2) is 34.0 Å². The van der Waals surface area contributed by atoms with Crippen LogP contribution >= 0.6 is 0 Å². The molecule has 0 amide bonds. The van der Waals surface area contributed by atoms with E-state index in [1.165, 1.54) is 0 Å². The first-order valence-electron chi connectivity index (χ1n) is 5.54. The molecule has 2 saturated heterocycles. The first kappa shape index (κ1) is 11.9. The quantitative estimate of drug-likeness (QED) is 0.704. The molecule has 0 aromatic carbocycles. The van der Waals surface area contributed by atoms with Gasteiger partial charge in [-0.1, -0.05) is 0 Å². The number of ether oxygens (including phenoxy) is 3. The standard InChI is InChI=1S/C10H10FN3O5/c1-3-5-6(19-10(16)18-5)8(17-3)14-2-4(11)7(12)13-9(14)15/h2-3,5-6,8H,1H3,(H2,12,13,15)/t3?,5-,6?,8-/m1/s1. The lowest BCUT2D eigenvalue weighted by molar-refractivity contribution is -0.0524. The van der Waals surface area contributed by atoms with Gasteiger partial charge < -0.3 is 19.9 Å². The Hall–Kier alpha value is -2.16. The number of halogens is 1. The van der Waals surface area contributed by atoms with Crippen molar-refractivity contribution in [2.45, 2.75) is 31.5 Å². The molecule has 2 aliphatic heterocycles. The molecular formula is C10H10FN3O5. The minimum absolute atomic E-state index is 0.478. The van der Waals surface area contributed by atoms with Gasteiger partial charge in [-0.25, -0.2) is 14.0 Å². The van der Waals surface area contributed by atoms with Crippen molar-refractivity contribution in [1.29, 1.82) is 0 Å². The molecule has 0 radical (unpaired) electrons. The van der Waals surface area contributed by atoms with Gasteiger partial charge in [0.1, 0.15) is 0 Å². The number of anilines is 1. The zero-order valence-corrected chi connectivity index (χ0v) is 9.78. The molecule has 0 saturated carbocycles. The van der Waals surface area contributed by atoms with Crippen molar-refractivity contribution < 1.29 is 23.4 Å². The van der Waals surface area contributed by atoms with Crippen LogP contribution < -0.4 is 11.4 Å². The first-order valence-corrected chi connectivity index (χ1v) is 5.54. The Labute approximate surface area is 105 Å². The average molecular weight is 271 g/mol. The number of aromatic nitrogens is 2. The highest BCUT2D eigenvalue weighted by atomic mass is 19.1. The molecule has 4 atom stereocenters. The maximum Gasteiger partial charge on any atom is 0.509 e. The summed E-state index contributed by atoms with van der Waals surface area (Å²) in [6.45, 7) is 1.66. The Kier molecular flexibility index (Phi) is 2.45. The van der Waals surface area contributed by atoms with Crippen LogP contribution in [0.4, 0.5) is 15.0 Å². The molecule has 0 spiro atoms. The van der Waals surface area contributed by atoms with E-state index in [-0.39, 0.29) is 0 Å². The monoisotopic (exact) mass is 271 g/mol. The van der Waals surface area contributed by atoms with Gasteiger partial charge in [0.2, 0.25) is 0 Å². The van der Waals surface area contributed by atoms with Crippen molar-refractivity contribution in [3.63, 3.8) is 0 Å². The predicted octanol–water partition coefficient (Wildman–Crippen LogP) is -0.214. The number of nitrogen functional groups attached to an aromatic ring is 1. The SMILES string of the molecule is CC1O[C@@H](n2cc(F)c(N)nc2=O)C2OC(=O)O[C@H]12. The van der Waals surface area contributed by atoms with Gasteiger partial charge in [-0.15, -0.1) is 0 Å². The van der Waals surface area contributed by atoms with Crippen LogP contribution in [0.2, 0.25) is 0 Å². The second-order valence-electron chi connectivity index (χ2n) is 4.31. The van der Waals surface area contributed by atoms with E-state index < -0.39 is 48.0 Å². The predicted molar refractivity (Wildman–Crippen MR) is 57.6 cm³/mol. The number of hydrogen-bond donors (Lipinski definition) is 1. The first-order chi connectivity index (χ1) is 8.97. The molecule has 3 rings (SSSR count). The van der Waals surface area contributed by atoms with Crippen molar-refractivity contribution in [1.82, 2.24) is 9.55 Å². The third kappa shape index (κ3) is 1.73. The van der Waals surface area contributed by atoms with Crippen LogP contribution in [0, 0.1) is 5.82 Å². The fraction of sp³-hybridized carbons (Fsp3) is 0.500. The van der Waals surface area contributed by atoms with Gasteiger partial charge >= 0.3 is 11.8 Å². The highest BCUT2D eigenvalue weighted by Crippen LogP contribution is 2.36. The summed E-state index contributed by atoms with van der Waals surface area (Å²) in [7, 11) is 0. The number of hydrogen-bond acceptors (Lipinski definition) is 7. The van der Waals surface area contributed by atoms with Crippen LogP contribution in [0.25, 0.3) is 0 Å². The van der Waals surface area contributed by atoms with E-state index in [0.717, 1.165) is 10.8 Å². The number of nitrogens with two attached hydrogens (primary N) is 1. The molecule has 2 N–H and O–H groups in total. The normalized spacial score (nSPS) is 32.8. The molecule has 0 aliphatic carbocycles. The molecule has 19 heavy (non-hydrogen) atoms. The smallest absolute Gasteiger partial charge is 0.424 e. The number of carbonyl (C=O) groups is 1. The zero-order chi connectivity index (χ0) is 13.7. The average Bonchev–Trinajstić information content (AvgIpc) is 2.84. The third-order valence-corrected chi connectivity index (χ3v) is 3.09. The Morgan fingerprint density at radius 2 is 2.05 bits per heavy atom. The van der Waals surface area contributed by atoms with Gasteiger partial charge in [0.25, 0.3) is 0 Å². The minimum Gasteiger partial charge on any atom is -0.424 e. The zero-order valence-electron chi connectivity index (χ0n) is 9.78. The van der Waals surface area contributed by atoms with Crippen LogP contribution in [-0.2, 0) is 14.2 Å². The van der Waals surface area contributed by atoms with E-state index in [9.17, 15) is 14.0 Å². The molecular weight excluding hydrogens is 261 g/mol. The lowest BCUT2D eigenvalue weighted by Crippen LogP contribution is -2.34. The van der Waals surface area contributed by atoms with Gasteiger partial charge in [-0.05, 0) is 6.92 Å². The van der Waals surface area contributed by atoms with Crippen LogP contribution in [0.15, 0.2) is 11.0 Å². The number of carbonyl (C=O) groups excluding carboxylic acids is 1. The van der Waals surface area contributed by atoms with Crippen molar-refractivity contribution in [2.24, 2.45) is 0 Å². The summed E-state index contributed by atoms with van der Waals surface area (Å²) in [4.78, 5) is 26.1. The van der Waals surface area contributed by atoms with Crippen LogP contribution in [0.5, 0.6) is 0 Å². The Morgan fingerprint density at radius 1 is 1.37 bits per heavy atom.